The number of rotatable bonds is 2. The third-order valence-electron chi connectivity index (χ3n) is 5.56. The zero-order chi connectivity index (χ0) is 18.8. The molecule has 1 aromatic heterocycles. The third-order valence-corrected chi connectivity index (χ3v) is 5.97. The molecule has 2 aromatic rings. The normalized spacial score (nSPS) is 30.1. The summed E-state index contributed by atoms with van der Waals surface area (Å²) in [6, 6.07) is 11.1. The van der Waals surface area contributed by atoms with Crippen molar-refractivity contribution in [2.75, 3.05) is 7.05 Å². The quantitative estimate of drug-likeness (QED) is 0.579. The first-order chi connectivity index (χ1) is 13.0. The van der Waals surface area contributed by atoms with E-state index in [0.29, 0.717) is 34.9 Å². The van der Waals surface area contributed by atoms with Crippen molar-refractivity contribution in [3.05, 3.63) is 47.1 Å². The zero-order valence-electron chi connectivity index (χ0n) is 14.3. The summed E-state index contributed by atoms with van der Waals surface area (Å²) in [6.45, 7) is 0. The number of aromatic nitrogens is 1. The van der Waals surface area contributed by atoms with E-state index in [2.05, 4.69) is 5.16 Å². The van der Waals surface area contributed by atoms with E-state index in [1.54, 1.807) is 6.07 Å². The van der Waals surface area contributed by atoms with E-state index >= 15 is 0 Å². The largest absolute Gasteiger partial charge is 0.446 e. The molecule has 8 heteroatoms. The Hall–Kier alpha value is -2.64. The van der Waals surface area contributed by atoms with Crippen LogP contribution in [0.15, 0.2) is 46.0 Å². The molecular formula is C19H15ClN2O5. The number of hydrogen-bond acceptors (Lipinski definition) is 7. The summed E-state index contributed by atoms with van der Waals surface area (Å²) < 4.78 is 16.5. The average molecular weight is 387 g/mol. The fourth-order valence-corrected chi connectivity index (χ4v) is 4.69. The molecule has 3 aliphatic heterocycles. The highest BCUT2D eigenvalue weighted by atomic mass is 35.5. The Morgan fingerprint density at radius 1 is 1.22 bits per heavy atom. The van der Waals surface area contributed by atoms with Gasteiger partial charge in [0.15, 0.2) is 17.6 Å². The molecule has 0 saturated carbocycles. The number of ether oxygens (including phenoxy) is 2. The van der Waals surface area contributed by atoms with Crippen molar-refractivity contribution >= 4 is 29.1 Å². The number of benzene rings is 1. The monoisotopic (exact) mass is 386 g/mol. The summed E-state index contributed by atoms with van der Waals surface area (Å²) in [7, 11) is 1.83. The van der Waals surface area contributed by atoms with Crippen LogP contribution in [0.3, 0.4) is 0 Å². The minimum atomic E-state index is -1.15. The Labute approximate surface area is 159 Å². The molecule has 2 fully saturated rings. The summed E-state index contributed by atoms with van der Waals surface area (Å²) >= 11 is 6.65. The van der Waals surface area contributed by atoms with Gasteiger partial charge in [0.2, 0.25) is 0 Å². The molecule has 27 heavy (non-hydrogen) atoms. The van der Waals surface area contributed by atoms with Crippen molar-refractivity contribution in [3.63, 3.8) is 0 Å². The molecule has 4 heterocycles. The van der Waals surface area contributed by atoms with Gasteiger partial charge in [0.1, 0.15) is 5.69 Å². The molecule has 0 aliphatic carbocycles. The van der Waals surface area contributed by atoms with Crippen LogP contribution < -0.4 is 0 Å². The lowest BCUT2D eigenvalue weighted by Crippen LogP contribution is -2.59. The number of nitrogens with zero attached hydrogens (tertiary/aromatic N) is 2. The topological polar surface area (TPSA) is 81.9 Å². The Morgan fingerprint density at radius 2 is 2.00 bits per heavy atom. The lowest BCUT2D eigenvalue weighted by atomic mass is 9.92. The summed E-state index contributed by atoms with van der Waals surface area (Å²) in [5.41, 5.74) is 0.682. The fraction of sp³-hybridized carbons (Fsp3) is 0.316. The number of esters is 2. The molecule has 2 saturated heterocycles. The van der Waals surface area contributed by atoms with Crippen LogP contribution in [0.25, 0.3) is 16.9 Å². The van der Waals surface area contributed by atoms with Crippen LogP contribution in [-0.4, -0.2) is 46.9 Å². The van der Waals surface area contributed by atoms with Crippen LogP contribution >= 0.6 is 11.6 Å². The van der Waals surface area contributed by atoms with Crippen LogP contribution in [0, 0.1) is 0 Å². The van der Waals surface area contributed by atoms with Crippen molar-refractivity contribution < 1.29 is 23.6 Å². The van der Waals surface area contributed by atoms with E-state index in [4.69, 9.17) is 25.6 Å². The number of likely N-dealkylation sites (N-methyl/N-ethyl adjacent to an activating group) is 1. The van der Waals surface area contributed by atoms with Crippen molar-refractivity contribution in [2.24, 2.45) is 0 Å². The SMILES string of the molecule is CN1C2CCC13OC(=O)C(=O)OC2C(Cl)=C3c1cc(-c2ccccc2)on1. The van der Waals surface area contributed by atoms with Gasteiger partial charge < -0.3 is 14.0 Å². The Morgan fingerprint density at radius 3 is 2.78 bits per heavy atom. The zero-order valence-corrected chi connectivity index (χ0v) is 15.1. The van der Waals surface area contributed by atoms with E-state index in [0.717, 1.165) is 5.56 Å². The van der Waals surface area contributed by atoms with Crippen molar-refractivity contribution in [3.8, 4) is 11.3 Å². The van der Waals surface area contributed by atoms with E-state index in [-0.39, 0.29) is 6.04 Å². The maximum atomic E-state index is 12.2. The molecule has 5 rings (SSSR count). The van der Waals surface area contributed by atoms with E-state index < -0.39 is 23.8 Å². The molecule has 7 nitrogen and oxygen atoms in total. The Balaban J connectivity index is 1.67. The van der Waals surface area contributed by atoms with Gasteiger partial charge in [-0.1, -0.05) is 47.1 Å². The maximum Gasteiger partial charge on any atom is 0.419 e. The van der Waals surface area contributed by atoms with E-state index in [1.165, 1.54) is 0 Å². The average Bonchev–Trinajstić information content (AvgIpc) is 3.24. The second-order valence-electron chi connectivity index (χ2n) is 6.88. The Bertz CT molecular complexity index is 985. The highest BCUT2D eigenvalue weighted by Crippen LogP contribution is 2.53. The van der Waals surface area contributed by atoms with Gasteiger partial charge in [-0.25, -0.2) is 9.59 Å². The summed E-state index contributed by atoms with van der Waals surface area (Å²) in [5.74, 6) is -1.48. The first-order valence-corrected chi connectivity index (χ1v) is 8.98. The predicted octanol–water partition coefficient (Wildman–Crippen LogP) is 2.56. The minimum absolute atomic E-state index is 0.154. The van der Waals surface area contributed by atoms with Crippen molar-refractivity contribution in [1.82, 2.24) is 10.1 Å². The van der Waals surface area contributed by atoms with Gasteiger partial charge in [-0.15, -0.1) is 0 Å². The second-order valence-corrected chi connectivity index (χ2v) is 7.29. The smallest absolute Gasteiger partial charge is 0.419 e. The van der Waals surface area contributed by atoms with Crippen molar-refractivity contribution in [1.29, 1.82) is 0 Å². The van der Waals surface area contributed by atoms with Gasteiger partial charge in [0.25, 0.3) is 0 Å². The van der Waals surface area contributed by atoms with E-state index in [9.17, 15) is 9.59 Å². The van der Waals surface area contributed by atoms with Gasteiger partial charge >= 0.3 is 11.9 Å². The molecule has 3 unspecified atom stereocenters. The number of carbonyl (C=O) groups excluding carboxylic acids is 2. The summed E-state index contributed by atoms with van der Waals surface area (Å²) in [6.07, 6.45) is 0.427. The van der Waals surface area contributed by atoms with Gasteiger partial charge in [0.05, 0.1) is 16.6 Å². The molecule has 0 N–H and O–H groups in total. The highest BCUT2D eigenvalue weighted by molar-refractivity contribution is 6.35. The van der Waals surface area contributed by atoms with Gasteiger partial charge in [-0.3, -0.25) is 4.90 Å². The number of halogens is 1. The fourth-order valence-electron chi connectivity index (χ4n) is 4.25. The first kappa shape index (κ1) is 16.5. The van der Waals surface area contributed by atoms with Crippen LogP contribution in [0.2, 0.25) is 0 Å². The Kier molecular flexibility index (Phi) is 3.47. The number of hydrogen-bond donors (Lipinski definition) is 0. The third kappa shape index (κ3) is 2.22. The number of carbonyl (C=O) groups is 2. The molecule has 138 valence electrons. The second kappa shape index (κ2) is 5.68. The highest BCUT2D eigenvalue weighted by Gasteiger charge is 2.62. The maximum absolute atomic E-state index is 12.2. The minimum Gasteiger partial charge on any atom is -0.446 e. The van der Waals surface area contributed by atoms with E-state index in [1.807, 2.05) is 42.3 Å². The lowest BCUT2D eigenvalue weighted by molar-refractivity contribution is -0.195. The summed E-state index contributed by atoms with van der Waals surface area (Å²) in [4.78, 5) is 26.0. The van der Waals surface area contributed by atoms with Crippen LogP contribution in [0.1, 0.15) is 18.5 Å². The lowest BCUT2D eigenvalue weighted by Gasteiger charge is -2.46. The molecular weight excluding hydrogens is 372 g/mol. The van der Waals surface area contributed by atoms with Crippen LogP contribution in [0.5, 0.6) is 0 Å². The molecule has 1 aromatic carbocycles. The first-order valence-electron chi connectivity index (χ1n) is 8.61. The molecule has 3 aliphatic rings. The summed E-state index contributed by atoms with van der Waals surface area (Å²) in [5, 5.41) is 4.50. The van der Waals surface area contributed by atoms with Gasteiger partial charge in [-0.05, 0) is 13.5 Å². The van der Waals surface area contributed by atoms with Crippen molar-refractivity contribution in [2.45, 2.75) is 30.7 Å². The van der Waals surface area contributed by atoms with Crippen LogP contribution in [0.4, 0.5) is 0 Å². The molecule has 3 atom stereocenters. The van der Waals surface area contributed by atoms with Gasteiger partial charge in [-0.2, -0.15) is 0 Å². The standard InChI is InChI=1S/C19H15ClN2O5/c1-22-12-7-8-19(22)14(15(20)16(12)25-17(23)18(24)26-19)11-9-13(27-21-11)10-5-3-2-4-6-10/h2-6,9,12,16H,7-8H2,1H3. The molecule has 3 bridgehead atoms. The predicted molar refractivity (Wildman–Crippen MR) is 94.2 cm³/mol. The van der Waals surface area contributed by atoms with Crippen LogP contribution in [-0.2, 0) is 19.1 Å². The molecule has 0 spiro atoms. The molecule has 0 amide bonds. The molecule has 0 radical (unpaired) electrons. The van der Waals surface area contributed by atoms with Gasteiger partial charge in [0, 0.05) is 18.1 Å².